The minimum absolute atomic E-state index is 0.122. The van der Waals surface area contributed by atoms with E-state index in [0.29, 0.717) is 31.2 Å². The maximum Gasteiger partial charge on any atom is 0.251 e. The van der Waals surface area contributed by atoms with Crippen molar-refractivity contribution in [1.82, 2.24) is 15.5 Å². The van der Waals surface area contributed by atoms with Gasteiger partial charge in [-0.1, -0.05) is 17.3 Å². The largest absolute Gasteiger partial charge is 0.382 e. The van der Waals surface area contributed by atoms with Gasteiger partial charge in [-0.15, -0.1) is 0 Å². The molecule has 0 bridgehead atoms. The third kappa shape index (κ3) is 3.57. The topological polar surface area (TPSA) is 86.5 Å². The van der Waals surface area contributed by atoms with Crippen LogP contribution in [0.2, 0.25) is 0 Å². The number of hydrogen-bond acceptors (Lipinski definition) is 6. The second-order valence-corrected chi connectivity index (χ2v) is 5.61. The molecule has 0 atom stereocenters. The van der Waals surface area contributed by atoms with Crippen molar-refractivity contribution in [1.29, 1.82) is 0 Å². The van der Waals surface area contributed by atoms with Crippen LogP contribution in [0.1, 0.15) is 23.2 Å². The molecule has 7 heteroatoms. The predicted octanol–water partition coefficient (Wildman–Crippen LogP) is 1.66. The number of methoxy groups -OCH3 is 1. The molecule has 1 saturated heterocycles. The summed E-state index contributed by atoms with van der Waals surface area (Å²) in [5.74, 6) is 0.376. The molecule has 1 aliphatic rings. The van der Waals surface area contributed by atoms with E-state index >= 15 is 0 Å². The van der Waals surface area contributed by atoms with Crippen molar-refractivity contribution in [3.63, 3.8) is 0 Å². The summed E-state index contributed by atoms with van der Waals surface area (Å²) < 4.78 is 15.4. The molecule has 2 aromatic rings. The molecular weight excluding hydrogens is 298 g/mol. The number of hydrogen-bond donors (Lipinski definition) is 1. The maximum atomic E-state index is 12.5. The Morgan fingerprint density at radius 3 is 2.65 bits per heavy atom. The molecule has 23 heavy (non-hydrogen) atoms. The highest BCUT2D eigenvalue weighted by molar-refractivity contribution is 5.95. The van der Waals surface area contributed by atoms with Crippen molar-refractivity contribution >= 4 is 5.91 Å². The second kappa shape index (κ2) is 6.89. The van der Waals surface area contributed by atoms with Gasteiger partial charge in [0.2, 0.25) is 12.2 Å². The molecule has 2 heterocycles. The Labute approximate surface area is 134 Å². The van der Waals surface area contributed by atoms with E-state index in [1.54, 1.807) is 31.4 Å². The summed E-state index contributed by atoms with van der Waals surface area (Å²) in [4.78, 5) is 16.5. The first-order valence-electron chi connectivity index (χ1n) is 7.48. The molecule has 1 aromatic heterocycles. The first kappa shape index (κ1) is 15.6. The van der Waals surface area contributed by atoms with Crippen molar-refractivity contribution < 1.29 is 18.8 Å². The molecule has 0 saturated carbocycles. The Bertz CT molecular complexity index is 628. The lowest BCUT2D eigenvalue weighted by Gasteiger charge is -2.37. The van der Waals surface area contributed by atoms with Gasteiger partial charge in [0.25, 0.3) is 5.91 Å². The van der Waals surface area contributed by atoms with Gasteiger partial charge in [0.1, 0.15) is 0 Å². The third-order valence-corrected chi connectivity index (χ3v) is 4.02. The summed E-state index contributed by atoms with van der Waals surface area (Å²) in [7, 11) is 1.64. The smallest absolute Gasteiger partial charge is 0.251 e. The number of aromatic nitrogens is 2. The number of carbonyl (C=O) groups is 1. The normalized spacial score (nSPS) is 16.9. The average molecular weight is 317 g/mol. The van der Waals surface area contributed by atoms with Gasteiger partial charge in [0, 0.05) is 31.5 Å². The van der Waals surface area contributed by atoms with E-state index in [-0.39, 0.29) is 11.4 Å². The van der Waals surface area contributed by atoms with Gasteiger partial charge in [-0.25, -0.2) is 0 Å². The van der Waals surface area contributed by atoms with E-state index in [0.717, 1.165) is 18.4 Å². The van der Waals surface area contributed by atoms with Crippen LogP contribution in [-0.2, 0) is 9.47 Å². The van der Waals surface area contributed by atoms with Crippen LogP contribution in [0, 0.1) is 0 Å². The summed E-state index contributed by atoms with van der Waals surface area (Å²) in [6.07, 6.45) is 2.76. The van der Waals surface area contributed by atoms with Gasteiger partial charge in [0.05, 0.1) is 12.1 Å². The van der Waals surface area contributed by atoms with E-state index < -0.39 is 0 Å². The SMILES string of the molecule is COCC1(NC(=O)c2ccc(-c3ncon3)cc2)CCOCC1. The van der Waals surface area contributed by atoms with Crippen molar-refractivity contribution in [3.8, 4) is 11.4 Å². The Morgan fingerprint density at radius 1 is 1.30 bits per heavy atom. The standard InChI is InChI=1S/C16H19N3O4/c1-21-10-16(6-8-22-9-7-16)18-15(20)13-4-2-12(3-5-13)14-17-11-23-19-14/h2-5,11H,6-10H2,1H3,(H,18,20). The monoisotopic (exact) mass is 317 g/mol. The molecule has 1 amide bonds. The van der Waals surface area contributed by atoms with Crippen molar-refractivity contribution in [2.24, 2.45) is 0 Å². The molecule has 0 aliphatic carbocycles. The highest BCUT2D eigenvalue weighted by Gasteiger charge is 2.34. The van der Waals surface area contributed by atoms with Crippen LogP contribution in [-0.4, -0.2) is 48.5 Å². The van der Waals surface area contributed by atoms with Gasteiger partial charge < -0.3 is 19.3 Å². The highest BCUT2D eigenvalue weighted by Crippen LogP contribution is 2.22. The highest BCUT2D eigenvalue weighted by atomic mass is 16.5. The van der Waals surface area contributed by atoms with E-state index in [4.69, 9.17) is 14.0 Å². The first-order chi connectivity index (χ1) is 11.2. The number of nitrogens with zero attached hydrogens (tertiary/aromatic N) is 2. The van der Waals surface area contributed by atoms with Crippen molar-refractivity contribution in [3.05, 3.63) is 36.2 Å². The number of rotatable bonds is 5. The Hall–Kier alpha value is -2.25. The number of carbonyl (C=O) groups excluding carboxylic acids is 1. The predicted molar refractivity (Wildman–Crippen MR) is 81.9 cm³/mol. The summed E-state index contributed by atoms with van der Waals surface area (Å²) >= 11 is 0. The minimum Gasteiger partial charge on any atom is -0.382 e. The van der Waals surface area contributed by atoms with Crippen molar-refractivity contribution in [2.75, 3.05) is 26.9 Å². The Morgan fingerprint density at radius 2 is 2.04 bits per heavy atom. The van der Waals surface area contributed by atoms with E-state index in [1.807, 2.05) is 0 Å². The van der Waals surface area contributed by atoms with Crippen LogP contribution in [0.4, 0.5) is 0 Å². The summed E-state index contributed by atoms with van der Waals surface area (Å²) in [6.45, 7) is 1.73. The molecule has 1 N–H and O–H groups in total. The second-order valence-electron chi connectivity index (χ2n) is 5.61. The van der Waals surface area contributed by atoms with E-state index in [1.165, 1.54) is 6.39 Å². The van der Waals surface area contributed by atoms with Gasteiger partial charge in [-0.3, -0.25) is 4.79 Å². The molecule has 7 nitrogen and oxygen atoms in total. The van der Waals surface area contributed by atoms with Crippen molar-refractivity contribution in [2.45, 2.75) is 18.4 Å². The first-order valence-corrected chi connectivity index (χ1v) is 7.48. The molecule has 1 aliphatic heterocycles. The van der Waals surface area contributed by atoms with E-state index in [2.05, 4.69) is 15.5 Å². The van der Waals surface area contributed by atoms with Crippen LogP contribution in [0.5, 0.6) is 0 Å². The molecular formula is C16H19N3O4. The molecule has 122 valence electrons. The fourth-order valence-corrected chi connectivity index (χ4v) is 2.73. The lowest BCUT2D eigenvalue weighted by Crippen LogP contribution is -2.55. The summed E-state index contributed by atoms with van der Waals surface area (Å²) in [5.41, 5.74) is 1.02. The summed E-state index contributed by atoms with van der Waals surface area (Å²) in [5, 5.41) is 6.88. The number of amides is 1. The Kier molecular flexibility index (Phi) is 4.68. The molecule has 0 unspecified atom stereocenters. The van der Waals surface area contributed by atoms with Crippen LogP contribution in [0.25, 0.3) is 11.4 Å². The third-order valence-electron chi connectivity index (χ3n) is 4.02. The zero-order valence-electron chi connectivity index (χ0n) is 12.9. The number of ether oxygens (including phenoxy) is 2. The molecule has 1 aromatic carbocycles. The van der Waals surface area contributed by atoms with Gasteiger partial charge in [-0.05, 0) is 25.0 Å². The quantitative estimate of drug-likeness (QED) is 0.902. The minimum atomic E-state index is -0.365. The molecule has 3 rings (SSSR count). The van der Waals surface area contributed by atoms with Crippen LogP contribution in [0.15, 0.2) is 35.2 Å². The maximum absolute atomic E-state index is 12.5. The van der Waals surface area contributed by atoms with Gasteiger partial charge in [-0.2, -0.15) is 4.98 Å². The fourth-order valence-electron chi connectivity index (χ4n) is 2.73. The zero-order chi connectivity index (χ0) is 16.1. The lowest BCUT2D eigenvalue weighted by molar-refractivity contribution is 0.00205. The van der Waals surface area contributed by atoms with Crippen LogP contribution >= 0.6 is 0 Å². The average Bonchev–Trinajstić information content (AvgIpc) is 3.10. The Balaban J connectivity index is 1.72. The van der Waals surface area contributed by atoms with Gasteiger partial charge in [0.15, 0.2) is 0 Å². The van der Waals surface area contributed by atoms with Gasteiger partial charge >= 0.3 is 0 Å². The fraction of sp³-hybridized carbons (Fsp3) is 0.438. The molecule has 0 radical (unpaired) electrons. The van der Waals surface area contributed by atoms with Crippen LogP contribution < -0.4 is 5.32 Å². The number of nitrogens with one attached hydrogen (secondary N) is 1. The molecule has 1 fully saturated rings. The number of benzene rings is 1. The van der Waals surface area contributed by atoms with Crippen LogP contribution in [0.3, 0.4) is 0 Å². The lowest BCUT2D eigenvalue weighted by atomic mass is 9.90. The van der Waals surface area contributed by atoms with E-state index in [9.17, 15) is 4.79 Å². The molecule has 0 spiro atoms. The zero-order valence-corrected chi connectivity index (χ0v) is 12.9. The summed E-state index contributed by atoms with van der Waals surface area (Å²) in [6, 6.07) is 7.10.